The maximum atomic E-state index is 11.5. The Morgan fingerprint density at radius 1 is 1.47 bits per heavy atom. The van der Waals surface area contributed by atoms with E-state index in [9.17, 15) is 9.59 Å². The number of hydrogen-bond donors (Lipinski definition) is 1. The molecular formula is C14H25NO4. The van der Waals surface area contributed by atoms with Crippen LogP contribution in [0.5, 0.6) is 0 Å². The minimum atomic E-state index is -0.540. The minimum absolute atomic E-state index is 0.00679. The third kappa shape index (κ3) is 4.11. The van der Waals surface area contributed by atoms with E-state index in [1.807, 2.05) is 13.8 Å². The highest BCUT2D eigenvalue weighted by molar-refractivity contribution is 5.71. The molecule has 0 aromatic rings. The first kappa shape index (κ1) is 15.8. The third-order valence-corrected chi connectivity index (χ3v) is 3.84. The predicted octanol–water partition coefficient (Wildman–Crippen LogP) is 2.49. The van der Waals surface area contributed by atoms with Gasteiger partial charge in [0.15, 0.2) is 0 Å². The molecule has 0 bridgehead atoms. The molecule has 0 aromatic carbocycles. The van der Waals surface area contributed by atoms with Crippen LogP contribution < -0.4 is 5.32 Å². The summed E-state index contributed by atoms with van der Waals surface area (Å²) in [7, 11) is 0. The van der Waals surface area contributed by atoms with Crippen LogP contribution >= 0.6 is 0 Å². The zero-order valence-corrected chi connectivity index (χ0v) is 12.5. The molecule has 0 unspecified atom stereocenters. The Morgan fingerprint density at radius 2 is 2.11 bits per heavy atom. The lowest BCUT2D eigenvalue weighted by Crippen LogP contribution is -2.47. The number of carbonyl (C=O) groups excluding carboxylic acids is 2. The van der Waals surface area contributed by atoms with Gasteiger partial charge in [-0.3, -0.25) is 4.79 Å². The van der Waals surface area contributed by atoms with Gasteiger partial charge in [-0.15, -0.1) is 0 Å². The number of carbonyl (C=O) groups is 2. The number of alkyl carbamates (subject to hydrolysis) is 1. The molecule has 5 nitrogen and oxygen atoms in total. The predicted molar refractivity (Wildman–Crippen MR) is 71.7 cm³/mol. The van der Waals surface area contributed by atoms with Crippen molar-refractivity contribution in [3.05, 3.63) is 0 Å². The molecule has 0 radical (unpaired) electrons. The first-order chi connectivity index (χ1) is 8.75. The molecule has 1 heterocycles. The van der Waals surface area contributed by atoms with E-state index in [0.29, 0.717) is 18.9 Å². The molecule has 1 aliphatic rings. The smallest absolute Gasteiger partial charge is 0.408 e. The van der Waals surface area contributed by atoms with Crippen LogP contribution in [0.2, 0.25) is 0 Å². The molecule has 0 spiro atoms. The Kier molecular flexibility index (Phi) is 5.20. The van der Waals surface area contributed by atoms with Crippen LogP contribution in [0.15, 0.2) is 0 Å². The number of esters is 1. The molecule has 1 saturated heterocycles. The molecule has 0 aliphatic carbocycles. The van der Waals surface area contributed by atoms with Crippen molar-refractivity contribution in [2.24, 2.45) is 11.8 Å². The molecule has 1 rings (SSSR count). The number of hydrogen-bond acceptors (Lipinski definition) is 4. The van der Waals surface area contributed by atoms with Crippen molar-refractivity contribution >= 4 is 12.1 Å². The Morgan fingerprint density at radius 3 is 2.63 bits per heavy atom. The number of nitrogens with one attached hydrogen (secondary N) is 1. The molecule has 1 amide bonds. The van der Waals surface area contributed by atoms with E-state index in [1.54, 1.807) is 0 Å². The fourth-order valence-corrected chi connectivity index (χ4v) is 2.46. The highest BCUT2D eigenvalue weighted by Crippen LogP contribution is 2.35. The summed E-state index contributed by atoms with van der Waals surface area (Å²) in [5, 5.41) is 2.89. The second-order valence-electron chi connectivity index (χ2n) is 5.93. The van der Waals surface area contributed by atoms with Gasteiger partial charge < -0.3 is 14.8 Å². The van der Waals surface area contributed by atoms with Gasteiger partial charge >= 0.3 is 12.1 Å². The van der Waals surface area contributed by atoms with Crippen molar-refractivity contribution in [1.29, 1.82) is 0 Å². The van der Waals surface area contributed by atoms with E-state index >= 15 is 0 Å². The Labute approximate surface area is 115 Å². The molecule has 3 atom stereocenters. The standard InChI is InChI=1S/C14H25NO4/c1-9(2)8-12-14(5,19-13(17)15-12)10(3)6-7-18-11(4)16/h9-10,12H,6-8H2,1-5H3,(H,15,17)/t10-,12+,14+/m1/s1. The number of cyclic esters (lactones) is 1. The minimum Gasteiger partial charge on any atom is -0.466 e. The van der Waals surface area contributed by atoms with Crippen LogP contribution in [0.4, 0.5) is 4.79 Å². The van der Waals surface area contributed by atoms with Gasteiger partial charge in [0.25, 0.3) is 0 Å². The number of rotatable bonds is 6. The van der Waals surface area contributed by atoms with E-state index in [0.717, 1.165) is 6.42 Å². The average molecular weight is 271 g/mol. The van der Waals surface area contributed by atoms with Crippen molar-refractivity contribution in [3.8, 4) is 0 Å². The first-order valence-corrected chi connectivity index (χ1v) is 6.88. The first-order valence-electron chi connectivity index (χ1n) is 6.88. The van der Waals surface area contributed by atoms with Crippen LogP contribution in [-0.2, 0) is 14.3 Å². The van der Waals surface area contributed by atoms with E-state index in [2.05, 4.69) is 19.2 Å². The average Bonchev–Trinajstić information content (AvgIpc) is 2.53. The number of ether oxygens (including phenoxy) is 2. The van der Waals surface area contributed by atoms with Crippen molar-refractivity contribution in [2.75, 3.05) is 6.61 Å². The van der Waals surface area contributed by atoms with E-state index in [4.69, 9.17) is 9.47 Å². The van der Waals surface area contributed by atoms with Gasteiger partial charge in [-0.1, -0.05) is 20.8 Å². The van der Waals surface area contributed by atoms with Crippen LogP contribution in [0.3, 0.4) is 0 Å². The largest absolute Gasteiger partial charge is 0.466 e. The summed E-state index contributed by atoms with van der Waals surface area (Å²) in [6, 6.07) is 0.00679. The summed E-state index contributed by atoms with van der Waals surface area (Å²) < 4.78 is 10.5. The van der Waals surface area contributed by atoms with Gasteiger partial charge in [0.1, 0.15) is 5.60 Å². The monoisotopic (exact) mass is 271 g/mol. The normalized spacial score (nSPS) is 27.9. The van der Waals surface area contributed by atoms with Crippen LogP contribution in [0.25, 0.3) is 0 Å². The Hall–Kier alpha value is -1.26. The molecule has 1 aliphatic heterocycles. The Bertz CT molecular complexity index is 342. The highest BCUT2D eigenvalue weighted by atomic mass is 16.6. The van der Waals surface area contributed by atoms with Crippen molar-refractivity contribution < 1.29 is 19.1 Å². The van der Waals surface area contributed by atoms with Crippen molar-refractivity contribution in [1.82, 2.24) is 5.32 Å². The maximum absolute atomic E-state index is 11.5. The molecule has 110 valence electrons. The quantitative estimate of drug-likeness (QED) is 0.754. The summed E-state index contributed by atoms with van der Waals surface area (Å²) in [5.41, 5.74) is -0.540. The van der Waals surface area contributed by atoms with E-state index in [1.165, 1.54) is 6.92 Å². The Balaban J connectivity index is 2.64. The fourth-order valence-electron chi connectivity index (χ4n) is 2.46. The zero-order valence-electron chi connectivity index (χ0n) is 12.5. The molecule has 5 heteroatoms. The van der Waals surface area contributed by atoms with E-state index in [-0.39, 0.29) is 24.0 Å². The van der Waals surface area contributed by atoms with Crippen molar-refractivity contribution in [3.63, 3.8) is 0 Å². The van der Waals surface area contributed by atoms with Crippen LogP contribution in [-0.4, -0.2) is 30.3 Å². The summed E-state index contributed by atoms with van der Waals surface area (Å²) in [6.45, 7) is 9.97. The topological polar surface area (TPSA) is 64.6 Å². The highest BCUT2D eigenvalue weighted by Gasteiger charge is 2.48. The molecule has 1 fully saturated rings. The lowest BCUT2D eigenvalue weighted by atomic mass is 9.79. The van der Waals surface area contributed by atoms with Crippen LogP contribution in [0, 0.1) is 11.8 Å². The maximum Gasteiger partial charge on any atom is 0.408 e. The van der Waals surface area contributed by atoms with Crippen molar-refractivity contribution in [2.45, 2.75) is 59.1 Å². The van der Waals surface area contributed by atoms with Gasteiger partial charge in [0.05, 0.1) is 12.6 Å². The van der Waals surface area contributed by atoms with Gasteiger partial charge in [0, 0.05) is 12.8 Å². The molecule has 0 saturated carbocycles. The summed E-state index contributed by atoms with van der Waals surface area (Å²) >= 11 is 0. The lowest BCUT2D eigenvalue weighted by Gasteiger charge is -2.35. The van der Waals surface area contributed by atoms with E-state index < -0.39 is 5.60 Å². The van der Waals surface area contributed by atoms with Gasteiger partial charge in [-0.2, -0.15) is 0 Å². The van der Waals surface area contributed by atoms with Gasteiger partial charge in [-0.05, 0) is 25.7 Å². The summed E-state index contributed by atoms with van der Waals surface area (Å²) in [6.07, 6.45) is 1.20. The van der Waals surface area contributed by atoms with Gasteiger partial charge in [-0.25, -0.2) is 4.79 Å². The number of amides is 1. The van der Waals surface area contributed by atoms with Crippen LogP contribution in [0.1, 0.15) is 47.5 Å². The summed E-state index contributed by atoms with van der Waals surface area (Å²) in [4.78, 5) is 22.3. The fraction of sp³-hybridized carbons (Fsp3) is 0.857. The summed E-state index contributed by atoms with van der Waals surface area (Å²) in [5.74, 6) is 0.319. The zero-order chi connectivity index (χ0) is 14.6. The second-order valence-corrected chi connectivity index (χ2v) is 5.93. The van der Waals surface area contributed by atoms with Gasteiger partial charge in [0.2, 0.25) is 0 Å². The molecular weight excluding hydrogens is 246 g/mol. The molecule has 0 aromatic heterocycles. The lowest BCUT2D eigenvalue weighted by molar-refractivity contribution is -0.141. The second kappa shape index (κ2) is 6.26. The third-order valence-electron chi connectivity index (χ3n) is 3.84. The SMILES string of the molecule is CC(=O)OCC[C@@H](C)[C@]1(C)OC(=O)N[C@H]1CC(C)C. The molecule has 1 N–H and O–H groups in total. The molecule has 19 heavy (non-hydrogen) atoms.